The van der Waals surface area contributed by atoms with E-state index >= 15 is 0 Å². The highest BCUT2D eigenvalue weighted by Gasteiger charge is 2.20. The molecule has 0 aliphatic carbocycles. The first-order valence-corrected chi connectivity index (χ1v) is 8.53. The molecular formula is C13H30N2O3S. The fourth-order valence-corrected chi connectivity index (χ4v) is 2.78. The third-order valence-electron chi connectivity index (χ3n) is 2.90. The van der Waals surface area contributed by atoms with Gasteiger partial charge in [0, 0.05) is 26.3 Å². The summed E-state index contributed by atoms with van der Waals surface area (Å²) in [5.74, 6) is 0.174. The van der Waals surface area contributed by atoms with Crippen molar-refractivity contribution in [2.45, 2.75) is 46.6 Å². The van der Waals surface area contributed by atoms with Gasteiger partial charge in [-0.15, -0.1) is 0 Å². The largest absolute Gasteiger partial charge is 0.385 e. The number of nitrogens with one attached hydrogen (secondary N) is 2. The Labute approximate surface area is 118 Å². The van der Waals surface area contributed by atoms with Crippen molar-refractivity contribution < 1.29 is 13.2 Å². The molecule has 0 fully saturated rings. The Morgan fingerprint density at radius 1 is 1.26 bits per heavy atom. The second kappa shape index (κ2) is 8.89. The molecule has 2 N–H and O–H groups in total. The maximum Gasteiger partial charge on any atom is 0.211 e. The van der Waals surface area contributed by atoms with Crippen LogP contribution < -0.4 is 10.0 Å². The molecule has 19 heavy (non-hydrogen) atoms. The van der Waals surface area contributed by atoms with Crippen LogP contribution in [0.3, 0.4) is 0 Å². The molecule has 6 heteroatoms. The average Bonchev–Trinajstić information content (AvgIpc) is 2.30. The van der Waals surface area contributed by atoms with Gasteiger partial charge in [-0.05, 0) is 24.8 Å². The van der Waals surface area contributed by atoms with E-state index in [0.717, 1.165) is 13.0 Å². The fourth-order valence-electron chi connectivity index (χ4n) is 1.50. The number of sulfonamides is 1. The van der Waals surface area contributed by atoms with Crippen molar-refractivity contribution in [3.8, 4) is 0 Å². The van der Waals surface area contributed by atoms with Gasteiger partial charge in [0.05, 0.1) is 5.75 Å². The lowest BCUT2D eigenvalue weighted by atomic mass is 9.90. The van der Waals surface area contributed by atoms with Gasteiger partial charge in [-0.25, -0.2) is 13.1 Å². The van der Waals surface area contributed by atoms with Crippen molar-refractivity contribution in [2.75, 3.05) is 32.6 Å². The molecule has 0 aromatic rings. The standard InChI is InChI=1S/C13H30N2O3S/c1-12(2)14-8-6-10-19(16,17)15-11-13(3,4)7-9-18-5/h12,14-15H,6-11H2,1-5H3. The van der Waals surface area contributed by atoms with Gasteiger partial charge < -0.3 is 10.1 Å². The zero-order valence-corrected chi connectivity index (χ0v) is 13.8. The van der Waals surface area contributed by atoms with E-state index in [-0.39, 0.29) is 11.2 Å². The van der Waals surface area contributed by atoms with Crippen LogP contribution in [0.2, 0.25) is 0 Å². The highest BCUT2D eigenvalue weighted by Crippen LogP contribution is 2.19. The van der Waals surface area contributed by atoms with Gasteiger partial charge in [0.2, 0.25) is 10.0 Å². The minimum atomic E-state index is -3.17. The summed E-state index contributed by atoms with van der Waals surface area (Å²) in [7, 11) is -1.51. The molecule has 0 bridgehead atoms. The fraction of sp³-hybridized carbons (Fsp3) is 1.00. The Bertz CT molecular complexity index is 327. The lowest BCUT2D eigenvalue weighted by molar-refractivity contribution is 0.153. The Hall–Kier alpha value is -0.170. The summed E-state index contributed by atoms with van der Waals surface area (Å²) in [5, 5.41) is 3.21. The first kappa shape index (κ1) is 18.8. The molecule has 0 amide bonds. The van der Waals surface area contributed by atoms with E-state index in [9.17, 15) is 8.42 Å². The topological polar surface area (TPSA) is 67.4 Å². The summed E-state index contributed by atoms with van der Waals surface area (Å²) in [6.07, 6.45) is 1.47. The summed E-state index contributed by atoms with van der Waals surface area (Å²) in [6.45, 7) is 9.99. The molecule has 0 aromatic carbocycles. The number of ether oxygens (including phenoxy) is 1. The Balaban J connectivity index is 3.96. The van der Waals surface area contributed by atoms with Gasteiger partial charge in [0.25, 0.3) is 0 Å². The van der Waals surface area contributed by atoms with E-state index in [0.29, 0.717) is 25.6 Å². The molecule has 0 radical (unpaired) electrons. The molecule has 0 saturated carbocycles. The lowest BCUT2D eigenvalue weighted by Gasteiger charge is -2.24. The number of methoxy groups -OCH3 is 1. The molecule has 0 rings (SSSR count). The van der Waals surface area contributed by atoms with Crippen molar-refractivity contribution in [2.24, 2.45) is 5.41 Å². The Morgan fingerprint density at radius 2 is 1.89 bits per heavy atom. The van der Waals surface area contributed by atoms with E-state index in [4.69, 9.17) is 4.74 Å². The molecule has 0 aromatic heterocycles. The quantitative estimate of drug-likeness (QED) is 0.565. The molecule has 116 valence electrons. The summed E-state index contributed by atoms with van der Waals surface area (Å²) in [5.41, 5.74) is -0.0841. The monoisotopic (exact) mass is 294 g/mol. The normalized spacial score (nSPS) is 13.2. The summed E-state index contributed by atoms with van der Waals surface area (Å²) >= 11 is 0. The Kier molecular flexibility index (Phi) is 8.81. The van der Waals surface area contributed by atoms with E-state index in [1.807, 2.05) is 27.7 Å². The van der Waals surface area contributed by atoms with E-state index in [2.05, 4.69) is 10.0 Å². The first-order chi connectivity index (χ1) is 8.68. The van der Waals surface area contributed by atoms with Crippen molar-refractivity contribution in [3.63, 3.8) is 0 Å². The molecule has 0 unspecified atom stereocenters. The van der Waals surface area contributed by atoms with Gasteiger partial charge in [0.15, 0.2) is 0 Å². The van der Waals surface area contributed by atoms with E-state index in [1.165, 1.54) is 0 Å². The smallest absolute Gasteiger partial charge is 0.211 e. The molecule has 0 heterocycles. The van der Waals surface area contributed by atoms with Gasteiger partial charge in [-0.2, -0.15) is 0 Å². The zero-order valence-electron chi connectivity index (χ0n) is 13.0. The van der Waals surface area contributed by atoms with E-state index in [1.54, 1.807) is 7.11 Å². The van der Waals surface area contributed by atoms with Gasteiger partial charge in [0.1, 0.15) is 0 Å². The van der Waals surface area contributed by atoms with Crippen molar-refractivity contribution >= 4 is 10.0 Å². The second-order valence-electron chi connectivity index (χ2n) is 6.01. The van der Waals surface area contributed by atoms with Crippen LogP contribution in [0.1, 0.15) is 40.5 Å². The third kappa shape index (κ3) is 11.4. The van der Waals surface area contributed by atoms with Gasteiger partial charge >= 0.3 is 0 Å². The summed E-state index contributed by atoms with van der Waals surface area (Å²) in [4.78, 5) is 0. The molecule has 0 aliphatic heterocycles. The summed E-state index contributed by atoms with van der Waals surface area (Å²) < 4.78 is 31.4. The minimum absolute atomic E-state index is 0.0841. The number of rotatable bonds is 11. The van der Waals surface area contributed by atoms with Crippen molar-refractivity contribution in [1.29, 1.82) is 0 Å². The third-order valence-corrected chi connectivity index (χ3v) is 4.31. The maximum absolute atomic E-state index is 11.8. The predicted molar refractivity (Wildman–Crippen MR) is 79.8 cm³/mol. The predicted octanol–water partition coefficient (Wildman–Crippen LogP) is 1.36. The highest BCUT2D eigenvalue weighted by molar-refractivity contribution is 7.89. The van der Waals surface area contributed by atoms with Crippen LogP contribution >= 0.6 is 0 Å². The average molecular weight is 294 g/mol. The van der Waals surface area contributed by atoms with Crippen LogP contribution in [0.25, 0.3) is 0 Å². The first-order valence-electron chi connectivity index (χ1n) is 6.88. The zero-order chi connectivity index (χ0) is 14.9. The van der Waals surface area contributed by atoms with Gasteiger partial charge in [-0.3, -0.25) is 0 Å². The van der Waals surface area contributed by atoms with Crippen molar-refractivity contribution in [1.82, 2.24) is 10.0 Å². The Morgan fingerprint density at radius 3 is 2.42 bits per heavy atom. The second-order valence-corrected chi connectivity index (χ2v) is 7.94. The summed E-state index contributed by atoms with van der Waals surface area (Å²) in [6, 6.07) is 0.392. The molecule has 0 spiro atoms. The highest BCUT2D eigenvalue weighted by atomic mass is 32.2. The van der Waals surface area contributed by atoms with Crippen molar-refractivity contribution in [3.05, 3.63) is 0 Å². The number of hydrogen-bond acceptors (Lipinski definition) is 4. The molecule has 5 nitrogen and oxygen atoms in total. The lowest BCUT2D eigenvalue weighted by Crippen LogP contribution is -2.36. The number of hydrogen-bond donors (Lipinski definition) is 2. The van der Waals surface area contributed by atoms with Crippen LogP contribution in [-0.2, 0) is 14.8 Å². The minimum Gasteiger partial charge on any atom is -0.385 e. The molecule has 0 atom stereocenters. The maximum atomic E-state index is 11.8. The van der Waals surface area contributed by atoms with Crippen LogP contribution in [0, 0.1) is 5.41 Å². The van der Waals surface area contributed by atoms with Gasteiger partial charge in [-0.1, -0.05) is 27.7 Å². The molecule has 0 aliphatic rings. The van der Waals surface area contributed by atoms with Crippen LogP contribution in [0.5, 0.6) is 0 Å². The van der Waals surface area contributed by atoms with Crippen LogP contribution in [0.15, 0.2) is 0 Å². The molecule has 0 saturated heterocycles. The SMILES string of the molecule is COCCC(C)(C)CNS(=O)(=O)CCCNC(C)C. The van der Waals surface area contributed by atoms with E-state index < -0.39 is 10.0 Å². The van der Waals surface area contributed by atoms with Crippen LogP contribution in [-0.4, -0.2) is 47.0 Å². The van der Waals surface area contributed by atoms with Crippen LogP contribution in [0.4, 0.5) is 0 Å². The molecular weight excluding hydrogens is 264 g/mol.